The number of benzene rings is 1. The minimum Gasteiger partial charge on any atom is -0.497 e. The molecule has 0 saturated carbocycles. The molecule has 1 heterocycles. The van der Waals surface area contributed by atoms with Crippen molar-refractivity contribution in [2.24, 2.45) is 0 Å². The van der Waals surface area contributed by atoms with Crippen LogP contribution in [0.2, 0.25) is 0 Å². The van der Waals surface area contributed by atoms with Gasteiger partial charge in [0.1, 0.15) is 5.75 Å². The number of carbonyl (C=O) groups is 2. The van der Waals surface area contributed by atoms with Crippen molar-refractivity contribution in [1.82, 2.24) is 4.90 Å². The number of methoxy groups -OCH3 is 1. The van der Waals surface area contributed by atoms with Crippen molar-refractivity contribution in [3.63, 3.8) is 0 Å². The molecule has 1 saturated heterocycles. The van der Waals surface area contributed by atoms with Gasteiger partial charge in [0, 0.05) is 6.54 Å². The first kappa shape index (κ1) is 13.1. The summed E-state index contributed by atoms with van der Waals surface area (Å²) < 4.78 is 10.0. The third kappa shape index (κ3) is 2.76. The van der Waals surface area contributed by atoms with Crippen LogP contribution >= 0.6 is 0 Å². The van der Waals surface area contributed by atoms with Crippen LogP contribution in [0, 0.1) is 0 Å². The van der Waals surface area contributed by atoms with Gasteiger partial charge >= 0.3 is 6.09 Å². The normalized spacial score (nSPS) is 16.9. The smallest absolute Gasteiger partial charge is 0.422 e. The molecule has 5 nitrogen and oxygen atoms in total. The number of hydrogen-bond acceptors (Lipinski definition) is 4. The summed E-state index contributed by atoms with van der Waals surface area (Å²) in [5.41, 5.74) is 0.773. The van der Waals surface area contributed by atoms with Crippen LogP contribution in [0.5, 0.6) is 5.75 Å². The Hall–Kier alpha value is -2.30. The van der Waals surface area contributed by atoms with E-state index in [4.69, 9.17) is 9.47 Å². The van der Waals surface area contributed by atoms with Crippen molar-refractivity contribution < 1.29 is 19.1 Å². The molecule has 1 aliphatic rings. The molecular weight excluding hydrogens is 246 g/mol. The Balaban J connectivity index is 2.19. The van der Waals surface area contributed by atoms with E-state index in [0.717, 1.165) is 16.2 Å². The molecule has 2 amide bonds. The summed E-state index contributed by atoms with van der Waals surface area (Å²) in [5, 5.41) is 0. The Morgan fingerprint density at radius 2 is 1.95 bits per heavy atom. The predicted octanol–water partition coefficient (Wildman–Crippen LogP) is 2.42. The maximum absolute atomic E-state index is 11.9. The van der Waals surface area contributed by atoms with Gasteiger partial charge in [-0.15, -0.1) is 0 Å². The number of carbonyl (C=O) groups excluding carboxylic acids is 2. The SMILES string of the molecule is CCCN1C(=O)OC(=Cc2ccc(OC)cc2)C1=O. The third-order valence-corrected chi connectivity index (χ3v) is 2.73. The maximum Gasteiger partial charge on any atom is 0.422 e. The van der Waals surface area contributed by atoms with Gasteiger partial charge in [-0.1, -0.05) is 19.1 Å². The van der Waals surface area contributed by atoms with E-state index in [2.05, 4.69) is 0 Å². The number of cyclic esters (lactones) is 1. The molecule has 100 valence electrons. The fourth-order valence-electron chi connectivity index (χ4n) is 1.77. The first-order valence-electron chi connectivity index (χ1n) is 6.05. The fourth-order valence-corrected chi connectivity index (χ4v) is 1.77. The molecule has 19 heavy (non-hydrogen) atoms. The van der Waals surface area contributed by atoms with Crippen LogP contribution in [-0.4, -0.2) is 30.6 Å². The number of imide groups is 1. The Bertz CT molecular complexity index is 519. The van der Waals surface area contributed by atoms with Gasteiger partial charge in [-0.3, -0.25) is 4.79 Å². The Morgan fingerprint density at radius 3 is 2.53 bits per heavy atom. The van der Waals surface area contributed by atoms with Crippen LogP contribution in [-0.2, 0) is 9.53 Å². The first-order chi connectivity index (χ1) is 9.15. The van der Waals surface area contributed by atoms with E-state index < -0.39 is 6.09 Å². The van der Waals surface area contributed by atoms with Gasteiger partial charge in [0.15, 0.2) is 5.76 Å². The topological polar surface area (TPSA) is 55.8 Å². The molecule has 0 radical (unpaired) electrons. The van der Waals surface area contributed by atoms with E-state index >= 15 is 0 Å². The number of hydrogen-bond donors (Lipinski definition) is 0. The molecule has 1 aromatic carbocycles. The zero-order valence-corrected chi connectivity index (χ0v) is 10.9. The van der Waals surface area contributed by atoms with Gasteiger partial charge < -0.3 is 9.47 Å². The van der Waals surface area contributed by atoms with E-state index in [0.29, 0.717) is 13.0 Å². The van der Waals surface area contributed by atoms with E-state index in [-0.39, 0.29) is 11.7 Å². The second-order valence-electron chi connectivity index (χ2n) is 4.11. The van der Waals surface area contributed by atoms with Crippen LogP contribution in [0.3, 0.4) is 0 Å². The lowest BCUT2D eigenvalue weighted by atomic mass is 10.2. The highest BCUT2D eigenvalue weighted by Crippen LogP contribution is 2.21. The molecule has 5 heteroatoms. The van der Waals surface area contributed by atoms with Crippen molar-refractivity contribution in [3.05, 3.63) is 35.6 Å². The molecule has 0 aromatic heterocycles. The number of rotatable bonds is 4. The van der Waals surface area contributed by atoms with Gasteiger partial charge in [-0.2, -0.15) is 0 Å². The van der Waals surface area contributed by atoms with Crippen molar-refractivity contribution in [1.29, 1.82) is 0 Å². The molecular formula is C14H15NO4. The van der Waals surface area contributed by atoms with Gasteiger partial charge in [-0.05, 0) is 30.2 Å². The summed E-state index contributed by atoms with van der Waals surface area (Å²) in [6.07, 6.45) is 1.65. The molecule has 1 fully saturated rings. The van der Waals surface area contributed by atoms with E-state index in [9.17, 15) is 9.59 Å². The zero-order chi connectivity index (χ0) is 13.8. The van der Waals surface area contributed by atoms with Crippen molar-refractivity contribution in [2.45, 2.75) is 13.3 Å². The Kier molecular flexibility index (Phi) is 3.85. The summed E-state index contributed by atoms with van der Waals surface area (Å²) in [6.45, 7) is 2.27. The van der Waals surface area contributed by atoms with Gasteiger partial charge in [0.2, 0.25) is 0 Å². The van der Waals surface area contributed by atoms with Crippen LogP contribution in [0.4, 0.5) is 4.79 Å². The van der Waals surface area contributed by atoms with Crippen molar-refractivity contribution in [2.75, 3.05) is 13.7 Å². The molecule has 0 unspecified atom stereocenters. The van der Waals surface area contributed by atoms with Crippen LogP contribution in [0.1, 0.15) is 18.9 Å². The number of nitrogens with zero attached hydrogens (tertiary/aromatic N) is 1. The molecule has 0 bridgehead atoms. The summed E-state index contributed by atoms with van der Waals surface area (Å²) in [6, 6.07) is 7.12. The molecule has 0 aliphatic carbocycles. The van der Waals surface area contributed by atoms with E-state index in [1.807, 2.05) is 6.92 Å². The monoisotopic (exact) mass is 261 g/mol. The lowest BCUT2D eigenvalue weighted by Gasteiger charge is -2.06. The second kappa shape index (κ2) is 5.56. The van der Waals surface area contributed by atoms with E-state index in [1.54, 1.807) is 37.5 Å². The first-order valence-corrected chi connectivity index (χ1v) is 6.05. The average molecular weight is 261 g/mol. The lowest BCUT2D eigenvalue weighted by molar-refractivity contribution is -0.123. The average Bonchev–Trinajstić information content (AvgIpc) is 2.68. The van der Waals surface area contributed by atoms with Crippen molar-refractivity contribution >= 4 is 18.1 Å². The van der Waals surface area contributed by atoms with Crippen LogP contribution in [0.25, 0.3) is 6.08 Å². The zero-order valence-electron chi connectivity index (χ0n) is 10.9. The summed E-state index contributed by atoms with van der Waals surface area (Å²) >= 11 is 0. The Morgan fingerprint density at radius 1 is 1.26 bits per heavy atom. The maximum atomic E-state index is 11.9. The largest absolute Gasteiger partial charge is 0.497 e. The fraction of sp³-hybridized carbons (Fsp3) is 0.286. The van der Waals surface area contributed by atoms with E-state index in [1.165, 1.54) is 0 Å². The van der Waals surface area contributed by atoms with Gasteiger partial charge in [0.25, 0.3) is 5.91 Å². The molecule has 0 atom stereocenters. The standard InChI is InChI=1S/C14H15NO4/c1-3-8-15-13(16)12(19-14(15)17)9-10-4-6-11(18-2)7-5-10/h4-7,9H,3,8H2,1-2H3. The quantitative estimate of drug-likeness (QED) is 0.781. The highest BCUT2D eigenvalue weighted by atomic mass is 16.6. The molecule has 1 aromatic rings. The number of ether oxygens (including phenoxy) is 2. The van der Waals surface area contributed by atoms with Crippen LogP contribution in [0.15, 0.2) is 30.0 Å². The minimum absolute atomic E-state index is 0.0589. The summed E-state index contributed by atoms with van der Waals surface area (Å²) in [5.74, 6) is 0.399. The Labute approximate surface area is 111 Å². The predicted molar refractivity (Wildman–Crippen MR) is 69.5 cm³/mol. The molecule has 0 N–H and O–H groups in total. The third-order valence-electron chi connectivity index (χ3n) is 2.73. The molecule has 2 rings (SSSR count). The molecule has 0 spiro atoms. The number of amides is 2. The summed E-state index contributed by atoms with van der Waals surface area (Å²) in [7, 11) is 1.58. The minimum atomic E-state index is -0.605. The summed E-state index contributed by atoms with van der Waals surface area (Å²) in [4.78, 5) is 24.5. The van der Waals surface area contributed by atoms with Gasteiger partial charge in [0.05, 0.1) is 7.11 Å². The van der Waals surface area contributed by atoms with Crippen molar-refractivity contribution in [3.8, 4) is 5.75 Å². The van der Waals surface area contributed by atoms with Crippen LogP contribution < -0.4 is 4.74 Å². The second-order valence-corrected chi connectivity index (χ2v) is 4.11. The highest BCUT2D eigenvalue weighted by molar-refractivity contribution is 6.09. The lowest BCUT2D eigenvalue weighted by Crippen LogP contribution is -2.29. The highest BCUT2D eigenvalue weighted by Gasteiger charge is 2.35. The van der Waals surface area contributed by atoms with Gasteiger partial charge in [-0.25, -0.2) is 9.69 Å². The molecule has 1 aliphatic heterocycles.